The molecule has 0 amide bonds. The SMILES string of the molecule is Cc1ccc2nc(Oc3cc(Cl)cc(NS(=O)(=O)c4cc(C)c(Cl)cc4Cl)c3)sc2c1. The minimum atomic E-state index is -3.98. The molecule has 0 unspecified atom stereocenters. The standard InChI is InChI=1S/C21H15Cl3N2O3S2/c1-11-3-4-18-19(5-11)30-21(25-18)29-15-8-13(22)7-14(9-15)26-31(27,28)20-6-12(2)16(23)10-17(20)24/h3-10,26H,1-2H3. The molecule has 10 heteroatoms. The molecule has 4 aromatic rings. The number of thiazole rings is 1. The molecule has 3 aromatic carbocycles. The number of aromatic nitrogens is 1. The number of anilines is 1. The molecule has 0 atom stereocenters. The molecule has 0 radical (unpaired) electrons. The van der Waals surface area contributed by atoms with Crippen molar-refractivity contribution < 1.29 is 13.2 Å². The molecule has 160 valence electrons. The molecule has 0 aliphatic heterocycles. The summed E-state index contributed by atoms with van der Waals surface area (Å²) >= 11 is 19.7. The van der Waals surface area contributed by atoms with Crippen LogP contribution in [0.25, 0.3) is 10.2 Å². The third-order valence-corrected chi connectivity index (χ3v) is 7.72. The third kappa shape index (κ3) is 4.91. The second-order valence-corrected chi connectivity index (χ2v) is 10.8. The lowest BCUT2D eigenvalue weighted by atomic mass is 10.2. The van der Waals surface area contributed by atoms with Crippen molar-refractivity contribution >= 4 is 72.1 Å². The monoisotopic (exact) mass is 512 g/mol. The summed E-state index contributed by atoms with van der Waals surface area (Å²) in [4.78, 5) is 4.36. The van der Waals surface area contributed by atoms with Crippen LogP contribution in [0.5, 0.6) is 10.9 Å². The number of nitrogens with zero attached hydrogens (tertiary/aromatic N) is 1. The fraction of sp³-hybridized carbons (Fsp3) is 0.0952. The number of aryl methyl sites for hydroxylation is 2. The van der Waals surface area contributed by atoms with E-state index < -0.39 is 10.0 Å². The van der Waals surface area contributed by atoms with E-state index in [1.54, 1.807) is 13.0 Å². The average Bonchev–Trinajstić information content (AvgIpc) is 3.04. The molecule has 1 N–H and O–H groups in total. The number of sulfonamides is 1. The lowest BCUT2D eigenvalue weighted by Gasteiger charge is -2.12. The van der Waals surface area contributed by atoms with Gasteiger partial charge in [0.15, 0.2) is 0 Å². The minimum absolute atomic E-state index is 0.0198. The maximum absolute atomic E-state index is 12.9. The van der Waals surface area contributed by atoms with Gasteiger partial charge >= 0.3 is 0 Å². The Kier molecular flexibility index (Phi) is 6.07. The van der Waals surface area contributed by atoms with Gasteiger partial charge in [-0.1, -0.05) is 52.2 Å². The van der Waals surface area contributed by atoms with E-state index in [-0.39, 0.29) is 15.6 Å². The van der Waals surface area contributed by atoms with Crippen LogP contribution >= 0.6 is 46.1 Å². The van der Waals surface area contributed by atoms with Gasteiger partial charge in [-0.15, -0.1) is 0 Å². The molecule has 31 heavy (non-hydrogen) atoms. The molecule has 0 saturated carbocycles. The summed E-state index contributed by atoms with van der Waals surface area (Å²) in [7, 11) is -3.98. The molecule has 0 aliphatic rings. The maximum Gasteiger partial charge on any atom is 0.279 e. The van der Waals surface area contributed by atoms with E-state index in [1.165, 1.54) is 35.6 Å². The number of benzene rings is 3. The van der Waals surface area contributed by atoms with Crippen molar-refractivity contribution in [2.45, 2.75) is 18.7 Å². The number of fused-ring (bicyclic) bond motifs is 1. The zero-order chi connectivity index (χ0) is 22.3. The molecule has 5 nitrogen and oxygen atoms in total. The van der Waals surface area contributed by atoms with Gasteiger partial charge in [-0.05, 0) is 61.4 Å². The summed E-state index contributed by atoms with van der Waals surface area (Å²) in [5.74, 6) is 0.347. The molecule has 0 aliphatic carbocycles. The van der Waals surface area contributed by atoms with Crippen LogP contribution < -0.4 is 9.46 Å². The summed E-state index contributed by atoms with van der Waals surface area (Å²) in [6.45, 7) is 3.70. The summed E-state index contributed by atoms with van der Waals surface area (Å²) in [6, 6.07) is 13.3. The number of nitrogens with one attached hydrogen (secondary N) is 1. The molecular weight excluding hydrogens is 499 g/mol. The van der Waals surface area contributed by atoms with E-state index in [1.807, 2.05) is 25.1 Å². The predicted molar refractivity (Wildman–Crippen MR) is 128 cm³/mol. The topological polar surface area (TPSA) is 68.3 Å². The summed E-state index contributed by atoms with van der Waals surface area (Å²) < 4.78 is 35.1. The van der Waals surface area contributed by atoms with E-state index in [0.717, 1.165) is 15.8 Å². The molecule has 0 spiro atoms. The molecule has 4 rings (SSSR count). The van der Waals surface area contributed by atoms with Gasteiger partial charge in [0.25, 0.3) is 15.2 Å². The number of hydrogen-bond donors (Lipinski definition) is 1. The summed E-state index contributed by atoms with van der Waals surface area (Å²) in [6.07, 6.45) is 0. The van der Waals surface area contributed by atoms with Crippen molar-refractivity contribution in [2.75, 3.05) is 4.72 Å². The van der Waals surface area contributed by atoms with Gasteiger partial charge < -0.3 is 4.74 Å². The predicted octanol–water partition coefficient (Wildman–Crippen LogP) is 7.47. The van der Waals surface area contributed by atoms with Crippen molar-refractivity contribution in [1.82, 2.24) is 4.98 Å². The van der Waals surface area contributed by atoms with Crippen molar-refractivity contribution in [1.29, 1.82) is 0 Å². The molecule has 0 saturated heterocycles. The summed E-state index contributed by atoms with van der Waals surface area (Å²) in [5.41, 5.74) is 2.76. The average molecular weight is 514 g/mol. The van der Waals surface area contributed by atoms with Crippen LogP contribution in [0.3, 0.4) is 0 Å². The van der Waals surface area contributed by atoms with Gasteiger partial charge in [-0.3, -0.25) is 4.72 Å². The first-order chi connectivity index (χ1) is 14.6. The Bertz CT molecular complexity index is 1420. The van der Waals surface area contributed by atoms with E-state index in [0.29, 0.717) is 26.6 Å². The van der Waals surface area contributed by atoms with Crippen molar-refractivity contribution in [3.05, 3.63) is 74.7 Å². The van der Waals surface area contributed by atoms with Gasteiger partial charge in [0.1, 0.15) is 10.6 Å². The number of hydrogen-bond acceptors (Lipinski definition) is 5. The first kappa shape index (κ1) is 22.2. The van der Waals surface area contributed by atoms with Crippen LogP contribution in [-0.4, -0.2) is 13.4 Å². The van der Waals surface area contributed by atoms with Gasteiger partial charge in [-0.2, -0.15) is 0 Å². The zero-order valence-electron chi connectivity index (χ0n) is 16.2. The largest absolute Gasteiger partial charge is 0.431 e. The Morgan fingerprint density at radius 2 is 1.74 bits per heavy atom. The fourth-order valence-electron chi connectivity index (χ4n) is 2.88. The highest BCUT2D eigenvalue weighted by Gasteiger charge is 2.20. The smallest absolute Gasteiger partial charge is 0.279 e. The number of rotatable bonds is 5. The first-order valence-electron chi connectivity index (χ1n) is 8.95. The second-order valence-electron chi connectivity index (χ2n) is 6.87. The van der Waals surface area contributed by atoms with Crippen LogP contribution in [0.2, 0.25) is 15.1 Å². The Labute approximate surface area is 198 Å². The highest BCUT2D eigenvalue weighted by Crippen LogP contribution is 2.35. The second kappa shape index (κ2) is 8.48. The number of ether oxygens (including phenoxy) is 1. The number of halogens is 3. The van der Waals surface area contributed by atoms with E-state index in [9.17, 15) is 8.42 Å². The van der Waals surface area contributed by atoms with Crippen LogP contribution in [0, 0.1) is 13.8 Å². The zero-order valence-corrected chi connectivity index (χ0v) is 20.1. The van der Waals surface area contributed by atoms with E-state index in [2.05, 4.69) is 9.71 Å². The Balaban J connectivity index is 1.63. The van der Waals surface area contributed by atoms with Crippen LogP contribution in [0.4, 0.5) is 5.69 Å². The lowest BCUT2D eigenvalue weighted by molar-refractivity contribution is 0.480. The molecular formula is C21H15Cl3N2O3S2. The Morgan fingerprint density at radius 1 is 0.968 bits per heavy atom. The lowest BCUT2D eigenvalue weighted by Crippen LogP contribution is -2.14. The van der Waals surface area contributed by atoms with E-state index in [4.69, 9.17) is 39.5 Å². The third-order valence-electron chi connectivity index (χ3n) is 4.36. The molecule has 0 fully saturated rings. The fourth-order valence-corrected chi connectivity index (χ4v) is 5.91. The van der Waals surface area contributed by atoms with Crippen molar-refractivity contribution in [2.24, 2.45) is 0 Å². The normalized spacial score (nSPS) is 11.6. The van der Waals surface area contributed by atoms with Crippen molar-refractivity contribution in [3.8, 4) is 10.9 Å². The summed E-state index contributed by atoms with van der Waals surface area (Å²) in [5, 5.41) is 1.12. The van der Waals surface area contributed by atoms with Crippen LogP contribution in [-0.2, 0) is 10.0 Å². The maximum atomic E-state index is 12.9. The van der Waals surface area contributed by atoms with Gasteiger partial charge in [0.05, 0.1) is 20.9 Å². The Morgan fingerprint density at radius 3 is 2.52 bits per heavy atom. The first-order valence-corrected chi connectivity index (χ1v) is 12.4. The highest BCUT2D eigenvalue weighted by atomic mass is 35.5. The Hall–Kier alpha value is -2.03. The molecule has 0 bridgehead atoms. The highest BCUT2D eigenvalue weighted by molar-refractivity contribution is 7.92. The van der Waals surface area contributed by atoms with Gasteiger partial charge in [0.2, 0.25) is 0 Å². The quantitative estimate of drug-likeness (QED) is 0.300. The van der Waals surface area contributed by atoms with Gasteiger partial charge in [0, 0.05) is 16.1 Å². The van der Waals surface area contributed by atoms with Crippen LogP contribution in [0.1, 0.15) is 11.1 Å². The van der Waals surface area contributed by atoms with Gasteiger partial charge in [-0.25, -0.2) is 13.4 Å². The van der Waals surface area contributed by atoms with E-state index >= 15 is 0 Å². The molecule has 1 aromatic heterocycles. The van der Waals surface area contributed by atoms with Crippen molar-refractivity contribution in [3.63, 3.8) is 0 Å². The van der Waals surface area contributed by atoms with Crippen LogP contribution in [0.15, 0.2) is 53.4 Å². The minimum Gasteiger partial charge on any atom is -0.431 e. The molecule has 1 heterocycles.